The molecule has 7 nitrogen and oxygen atoms in total. The van der Waals surface area contributed by atoms with Gasteiger partial charge in [0, 0.05) is 18.7 Å². The van der Waals surface area contributed by atoms with E-state index < -0.39 is 17.7 Å². The van der Waals surface area contributed by atoms with Gasteiger partial charge in [0.15, 0.2) is 0 Å². The van der Waals surface area contributed by atoms with Crippen LogP contribution in [0.5, 0.6) is 11.5 Å². The number of nitrogens with zero attached hydrogens (tertiary/aromatic N) is 2. The number of rotatable bonds is 11. The summed E-state index contributed by atoms with van der Waals surface area (Å²) in [5.41, 5.74) is 3.43. The van der Waals surface area contributed by atoms with Crippen LogP contribution in [0.3, 0.4) is 0 Å². The first-order valence-electron chi connectivity index (χ1n) is 13.3. The summed E-state index contributed by atoms with van der Waals surface area (Å²) < 4.78 is 11.3. The Morgan fingerprint density at radius 1 is 0.949 bits per heavy atom. The maximum atomic E-state index is 13.3. The molecule has 1 saturated heterocycles. The number of amides is 1. The molecule has 0 radical (unpaired) electrons. The highest BCUT2D eigenvalue weighted by molar-refractivity contribution is 6.46. The van der Waals surface area contributed by atoms with Crippen LogP contribution in [0, 0.1) is 6.92 Å². The van der Waals surface area contributed by atoms with Crippen molar-refractivity contribution < 1.29 is 24.2 Å². The fraction of sp³-hybridized carbons (Fsp3) is 0.312. The van der Waals surface area contributed by atoms with Crippen molar-refractivity contribution in [3.63, 3.8) is 0 Å². The summed E-state index contributed by atoms with van der Waals surface area (Å²) >= 11 is 0. The van der Waals surface area contributed by atoms with Gasteiger partial charge in [-0.25, -0.2) is 0 Å². The lowest BCUT2D eigenvalue weighted by Gasteiger charge is -2.28. The molecule has 1 aliphatic rings. The molecule has 0 aliphatic carbocycles. The predicted molar refractivity (Wildman–Crippen MR) is 152 cm³/mol. The van der Waals surface area contributed by atoms with E-state index in [4.69, 9.17) is 9.47 Å². The molecule has 204 valence electrons. The Kier molecular flexibility index (Phi) is 9.04. The van der Waals surface area contributed by atoms with Crippen molar-refractivity contribution in [1.82, 2.24) is 9.80 Å². The zero-order chi connectivity index (χ0) is 27.9. The highest BCUT2D eigenvalue weighted by atomic mass is 16.5. The lowest BCUT2D eigenvalue weighted by Crippen LogP contribution is -2.38. The Bertz CT molecular complexity index is 1340. The molecule has 1 amide bonds. The second-order valence-electron chi connectivity index (χ2n) is 9.60. The van der Waals surface area contributed by atoms with Crippen molar-refractivity contribution in [1.29, 1.82) is 0 Å². The number of hydrogen-bond donors (Lipinski definition) is 1. The predicted octanol–water partition coefficient (Wildman–Crippen LogP) is 5.35. The Labute approximate surface area is 230 Å². The van der Waals surface area contributed by atoms with E-state index in [0.717, 1.165) is 24.2 Å². The highest BCUT2D eigenvalue weighted by Gasteiger charge is 2.46. The van der Waals surface area contributed by atoms with Gasteiger partial charge in [0.05, 0.1) is 18.7 Å². The van der Waals surface area contributed by atoms with Gasteiger partial charge in [-0.15, -0.1) is 0 Å². The van der Waals surface area contributed by atoms with Crippen LogP contribution in [-0.2, 0) is 16.2 Å². The third kappa shape index (κ3) is 6.32. The normalized spacial score (nSPS) is 16.6. The molecule has 1 fully saturated rings. The molecule has 39 heavy (non-hydrogen) atoms. The molecular formula is C32H36N2O5. The fourth-order valence-electron chi connectivity index (χ4n) is 4.89. The summed E-state index contributed by atoms with van der Waals surface area (Å²) in [4.78, 5) is 30.3. The number of Topliss-reactive ketones (excluding diaryl/α,β-unsaturated/α-hetero) is 1. The van der Waals surface area contributed by atoms with Crippen molar-refractivity contribution in [2.45, 2.75) is 33.4 Å². The first kappa shape index (κ1) is 27.9. The third-order valence-corrected chi connectivity index (χ3v) is 7.12. The van der Waals surface area contributed by atoms with E-state index in [9.17, 15) is 14.7 Å². The van der Waals surface area contributed by atoms with Gasteiger partial charge >= 0.3 is 0 Å². The Morgan fingerprint density at radius 2 is 1.67 bits per heavy atom. The first-order valence-corrected chi connectivity index (χ1v) is 13.3. The second kappa shape index (κ2) is 12.6. The minimum absolute atomic E-state index is 0.0706. The number of aliphatic hydroxyl groups excluding tert-OH is 1. The van der Waals surface area contributed by atoms with Gasteiger partial charge in [-0.05, 0) is 67.5 Å². The van der Waals surface area contributed by atoms with Gasteiger partial charge < -0.3 is 24.4 Å². The summed E-state index contributed by atoms with van der Waals surface area (Å²) in [5.74, 6) is -0.278. The van der Waals surface area contributed by atoms with Gasteiger partial charge in [0.2, 0.25) is 0 Å². The lowest BCUT2D eigenvalue weighted by molar-refractivity contribution is -0.140. The lowest BCUT2D eigenvalue weighted by atomic mass is 9.95. The van der Waals surface area contributed by atoms with Gasteiger partial charge in [-0.3, -0.25) is 9.59 Å². The molecule has 1 heterocycles. The number of methoxy groups -OCH3 is 1. The van der Waals surface area contributed by atoms with E-state index in [0.29, 0.717) is 42.3 Å². The molecule has 0 bridgehead atoms. The quantitative estimate of drug-likeness (QED) is 0.205. The van der Waals surface area contributed by atoms with Crippen molar-refractivity contribution >= 4 is 17.4 Å². The standard InChI is InChI=1S/C32H36N2O5/c1-5-33(6-2)17-18-34-29(25-11-8-12-27(20-25)38-4)28(31(36)32(34)37)30(35)24-13-15-26(16-14-24)39-21-23-10-7-9-22(3)19-23/h7-16,19-20,29,35H,5-6,17-18,21H2,1-4H3/t29-/m1/s1. The first-order chi connectivity index (χ1) is 18.9. The maximum Gasteiger partial charge on any atom is 0.295 e. The van der Waals surface area contributed by atoms with Gasteiger partial charge in [-0.1, -0.05) is 55.8 Å². The SMILES string of the molecule is CCN(CC)CCN1C(=O)C(=O)C(=C(O)c2ccc(OCc3cccc(C)c3)cc2)[C@H]1c1cccc(OC)c1. The Morgan fingerprint density at radius 3 is 2.33 bits per heavy atom. The minimum Gasteiger partial charge on any atom is -0.507 e. The van der Waals surface area contributed by atoms with E-state index in [1.54, 1.807) is 48.4 Å². The van der Waals surface area contributed by atoms with Crippen LogP contribution in [-0.4, -0.2) is 59.9 Å². The summed E-state index contributed by atoms with van der Waals surface area (Å²) in [5, 5.41) is 11.4. The van der Waals surface area contributed by atoms with E-state index in [1.165, 1.54) is 0 Å². The molecule has 0 unspecified atom stereocenters. The molecule has 3 aromatic rings. The molecule has 1 atom stereocenters. The summed E-state index contributed by atoms with van der Waals surface area (Å²) in [6.45, 7) is 9.22. The number of likely N-dealkylation sites (tertiary alicyclic amines) is 1. The van der Waals surface area contributed by atoms with Crippen molar-refractivity contribution in [2.24, 2.45) is 0 Å². The molecule has 0 spiro atoms. The van der Waals surface area contributed by atoms with Gasteiger partial charge in [-0.2, -0.15) is 0 Å². The van der Waals surface area contributed by atoms with Crippen LogP contribution in [0.25, 0.3) is 5.76 Å². The molecular weight excluding hydrogens is 492 g/mol. The van der Waals surface area contributed by atoms with Crippen molar-refractivity contribution in [2.75, 3.05) is 33.3 Å². The van der Waals surface area contributed by atoms with Crippen LogP contribution in [0.1, 0.15) is 42.1 Å². The number of aryl methyl sites for hydroxylation is 1. The zero-order valence-electron chi connectivity index (χ0n) is 23.0. The molecule has 3 aromatic carbocycles. The highest BCUT2D eigenvalue weighted by Crippen LogP contribution is 2.40. The van der Waals surface area contributed by atoms with E-state index in [1.807, 2.05) is 37.3 Å². The average Bonchev–Trinajstić information content (AvgIpc) is 3.21. The molecule has 4 rings (SSSR count). The fourth-order valence-corrected chi connectivity index (χ4v) is 4.89. The number of carbonyl (C=O) groups excluding carboxylic acids is 2. The van der Waals surface area contributed by atoms with Gasteiger partial charge in [0.1, 0.15) is 23.9 Å². The van der Waals surface area contributed by atoms with E-state index in [2.05, 4.69) is 24.8 Å². The monoisotopic (exact) mass is 528 g/mol. The number of carbonyl (C=O) groups is 2. The van der Waals surface area contributed by atoms with Gasteiger partial charge in [0.25, 0.3) is 11.7 Å². The molecule has 0 aromatic heterocycles. The molecule has 0 saturated carbocycles. The average molecular weight is 529 g/mol. The topological polar surface area (TPSA) is 79.3 Å². The van der Waals surface area contributed by atoms with E-state index in [-0.39, 0.29) is 11.3 Å². The number of ketones is 1. The summed E-state index contributed by atoms with van der Waals surface area (Å²) in [7, 11) is 1.57. The summed E-state index contributed by atoms with van der Waals surface area (Å²) in [6, 6.07) is 21.5. The largest absolute Gasteiger partial charge is 0.507 e. The number of ether oxygens (including phenoxy) is 2. The van der Waals surface area contributed by atoms with Crippen LogP contribution < -0.4 is 9.47 Å². The van der Waals surface area contributed by atoms with Crippen molar-refractivity contribution in [3.05, 3.63) is 101 Å². The number of aliphatic hydroxyl groups is 1. The number of likely N-dealkylation sites (N-methyl/N-ethyl adjacent to an activating group) is 1. The Hall–Kier alpha value is -4.10. The number of hydrogen-bond acceptors (Lipinski definition) is 6. The molecule has 1 aliphatic heterocycles. The Balaban J connectivity index is 1.65. The van der Waals surface area contributed by atoms with Crippen LogP contribution >= 0.6 is 0 Å². The van der Waals surface area contributed by atoms with Crippen LogP contribution in [0.2, 0.25) is 0 Å². The smallest absolute Gasteiger partial charge is 0.295 e. The van der Waals surface area contributed by atoms with Crippen molar-refractivity contribution in [3.8, 4) is 11.5 Å². The molecule has 1 N–H and O–H groups in total. The third-order valence-electron chi connectivity index (χ3n) is 7.12. The minimum atomic E-state index is -0.729. The van der Waals surface area contributed by atoms with Crippen LogP contribution in [0.4, 0.5) is 0 Å². The summed E-state index contributed by atoms with van der Waals surface area (Å²) in [6.07, 6.45) is 0. The zero-order valence-corrected chi connectivity index (χ0v) is 23.0. The van der Waals surface area contributed by atoms with Crippen LogP contribution in [0.15, 0.2) is 78.4 Å². The number of benzene rings is 3. The molecule has 7 heteroatoms. The van der Waals surface area contributed by atoms with E-state index >= 15 is 0 Å². The second-order valence-corrected chi connectivity index (χ2v) is 9.60. The maximum absolute atomic E-state index is 13.3.